The maximum atomic E-state index is 12.9. The van der Waals surface area contributed by atoms with E-state index in [4.69, 9.17) is 0 Å². The van der Waals surface area contributed by atoms with Crippen molar-refractivity contribution in [2.45, 2.75) is 12.6 Å². The molecule has 106 valence electrons. The molecule has 0 aliphatic rings. The van der Waals surface area contributed by atoms with Gasteiger partial charge in [0.25, 0.3) is 5.56 Å². The van der Waals surface area contributed by atoms with Crippen LogP contribution in [-0.2, 0) is 6.54 Å². The van der Waals surface area contributed by atoms with Crippen LogP contribution in [0.3, 0.4) is 0 Å². The van der Waals surface area contributed by atoms with Gasteiger partial charge in [-0.15, -0.1) is 0 Å². The second-order valence-electron chi connectivity index (χ2n) is 4.66. The van der Waals surface area contributed by atoms with Gasteiger partial charge >= 0.3 is 0 Å². The van der Waals surface area contributed by atoms with Crippen LogP contribution < -0.4 is 5.56 Å². The minimum atomic E-state index is -0.913. The van der Waals surface area contributed by atoms with Crippen molar-refractivity contribution in [2.75, 3.05) is 0 Å². The van der Waals surface area contributed by atoms with Gasteiger partial charge in [-0.25, -0.2) is 9.37 Å². The molecule has 3 aromatic rings. The van der Waals surface area contributed by atoms with E-state index < -0.39 is 6.10 Å². The second-order valence-corrected chi connectivity index (χ2v) is 4.66. The summed E-state index contributed by atoms with van der Waals surface area (Å²) in [7, 11) is 0. The third-order valence-electron chi connectivity index (χ3n) is 3.25. The molecule has 1 N–H and O–H groups in total. The number of halogens is 1. The summed E-state index contributed by atoms with van der Waals surface area (Å²) in [6.45, 7) is 0.0513. The number of aromatic nitrogens is 3. The number of fused-ring (bicyclic) bond motifs is 1. The Hall–Kier alpha value is -2.60. The summed E-state index contributed by atoms with van der Waals surface area (Å²) in [4.78, 5) is 20.3. The predicted molar refractivity (Wildman–Crippen MR) is 75.2 cm³/mol. The number of hydrogen-bond donors (Lipinski definition) is 1. The highest BCUT2D eigenvalue weighted by atomic mass is 19.1. The van der Waals surface area contributed by atoms with Gasteiger partial charge in [-0.3, -0.25) is 14.3 Å². The Labute approximate surface area is 119 Å². The molecule has 6 heteroatoms. The third kappa shape index (κ3) is 2.66. The molecule has 0 spiro atoms. The number of benzene rings is 1. The van der Waals surface area contributed by atoms with Gasteiger partial charge in [0.1, 0.15) is 5.82 Å². The maximum absolute atomic E-state index is 12.9. The zero-order valence-electron chi connectivity index (χ0n) is 11.0. The van der Waals surface area contributed by atoms with Crippen LogP contribution in [0.15, 0.2) is 53.8 Å². The fourth-order valence-corrected chi connectivity index (χ4v) is 2.12. The fraction of sp³-hybridized carbons (Fsp3) is 0.133. The van der Waals surface area contributed by atoms with Crippen LogP contribution in [-0.4, -0.2) is 19.6 Å². The molecule has 21 heavy (non-hydrogen) atoms. The van der Waals surface area contributed by atoms with Crippen LogP contribution in [0.1, 0.15) is 11.7 Å². The largest absolute Gasteiger partial charge is 0.387 e. The van der Waals surface area contributed by atoms with E-state index >= 15 is 0 Å². The Morgan fingerprint density at radius 1 is 1.24 bits per heavy atom. The van der Waals surface area contributed by atoms with Crippen LogP contribution in [0, 0.1) is 5.82 Å². The van der Waals surface area contributed by atoms with Gasteiger partial charge in [-0.2, -0.15) is 0 Å². The molecule has 3 rings (SSSR count). The summed E-state index contributed by atoms with van der Waals surface area (Å²) in [5, 5.41) is 10.6. The van der Waals surface area contributed by atoms with Crippen LogP contribution in [0.2, 0.25) is 0 Å². The zero-order valence-corrected chi connectivity index (χ0v) is 11.0. The lowest BCUT2D eigenvalue weighted by Crippen LogP contribution is -2.23. The quantitative estimate of drug-likeness (QED) is 0.794. The molecule has 0 fully saturated rings. The first-order chi connectivity index (χ1) is 10.1. The Balaban J connectivity index is 1.93. The van der Waals surface area contributed by atoms with Crippen molar-refractivity contribution in [3.63, 3.8) is 0 Å². The highest BCUT2D eigenvalue weighted by Crippen LogP contribution is 2.15. The molecule has 1 aromatic carbocycles. The summed E-state index contributed by atoms with van der Waals surface area (Å²) in [6, 6.07) is 7.11. The average molecular weight is 285 g/mol. The first-order valence-corrected chi connectivity index (χ1v) is 6.38. The highest BCUT2D eigenvalue weighted by Gasteiger charge is 2.11. The average Bonchev–Trinajstić information content (AvgIpc) is 2.51. The Morgan fingerprint density at radius 3 is 2.76 bits per heavy atom. The SMILES string of the molecule is O=c1c2ccncc2ncn1CC(O)c1ccc(F)cc1. The number of hydrogen-bond acceptors (Lipinski definition) is 4. The molecule has 0 saturated heterocycles. The molecule has 0 aliphatic heterocycles. The maximum Gasteiger partial charge on any atom is 0.261 e. The van der Waals surface area contributed by atoms with E-state index in [9.17, 15) is 14.3 Å². The molecule has 1 atom stereocenters. The van der Waals surface area contributed by atoms with Crippen molar-refractivity contribution >= 4 is 10.9 Å². The normalized spacial score (nSPS) is 12.5. The van der Waals surface area contributed by atoms with Gasteiger partial charge in [0.05, 0.1) is 36.1 Å². The summed E-state index contributed by atoms with van der Waals surface area (Å²) in [6.07, 6.45) is 3.49. The van der Waals surface area contributed by atoms with Crippen LogP contribution >= 0.6 is 0 Å². The molecule has 0 radical (unpaired) electrons. The van der Waals surface area contributed by atoms with Crippen molar-refractivity contribution in [3.05, 3.63) is 70.8 Å². The van der Waals surface area contributed by atoms with Crippen LogP contribution in [0.25, 0.3) is 10.9 Å². The summed E-state index contributed by atoms with van der Waals surface area (Å²) >= 11 is 0. The van der Waals surface area contributed by atoms with E-state index in [-0.39, 0.29) is 17.9 Å². The topological polar surface area (TPSA) is 68.0 Å². The molecule has 0 saturated carbocycles. The molecule has 0 amide bonds. The number of nitrogens with zero attached hydrogens (tertiary/aromatic N) is 3. The van der Waals surface area contributed by atoms with E-state index in [1.807, 2.05) is 0 Å². The number of aliphatic hydroxyl groups excluding tert-OH is 1. The number of aliphatic hydroxyl groups is 1. The van der Waals surface area contributed by atoms with Crippen molar-refractivity contribution in [1.82, 2.24) is 14.5 Å². The number of rotatable bonds is 3. The van der Waals surface area contributed by atoms with E-state index in [1.54, 1.807) is 6.07 Å². The van der Waals surface area contributed by atoms with Gasteiger partial charge in [0, 0.05) is 6.20 Å². The van der Waals surface area contributed by atoms with E-state index in [2.05, 4.69) is 9.97 Å². The first-order valence-electron chi connectivity index (χ1n) is 6.38. The van der Waals surface area contributed by atoms with Crippen molar-refractivity contribution in [2.24, 2.45) is 0 Å². The Kier molecular flexibility index (Phi) is 3.45. The van der Waals surface area contributed by atoms with Gasteiger partial charge in [-0.1, -0.05) is 12.1 Å². The van der Waals surface area contributed by atoms with E-state index in [0.717, 1.165) is 0 Å². The lowest BCUT2D eigenvalue weighted by Gasteiger charge is -2.13. The fourth-order valence-electron chi connectivity index (χ4n) is 2.12. The van der Waals surface area contributed by atoms with Crippen molar-refractivity contribution in [1.29, 1.82) is 0 Å². The minimum Gasteiger partial charge on any atom is -0.387 e. The summed E-state index contributed by atoms with van der Waals surface area (Å²) in [5.74, 6) is -0.372. The lowest BCUT2D eigenvalue weighted by molar-refractivity contribution is 0.155. The van der Waals surface area contributed by atoms with E-state index in [1.165, 1.54) is 47.6 Å². The van der Waals surface area contributed by atoms with Gasteiger partial charge in [-0.05, 0) is 23.8 Å². The second kappa shape index (κ2) is 5.41. The molecule has 0 aliphatic carbocycles. The Morgan fingerprint density at radius 2 is 2.00 bits per heavy atom. The molecule has 5 nitrogen and oxygen atoms in total. The highest BCUT2D eigenvalue weighted by molar-refractivity contribution is 5.75. The third-order valence-corrected chi connectivity index (χ3v) is 3.25. The predicted octanol–water partition coefficient (Wildman–Crippen LogP) is 1.66. The van der Waals surface area contributed by atoms with Crippen LogP contribution in [0.5, 0.6) is 0 Å². The first kappa shape index (κ1) is 13.4. The molecule has 0 bridgehead atoms. The molecular formula is C15H12FN3O2. The molecular weight excluding hydrogens is 273 g/mol. The Bertz CT molecular complexity index is 830. The number of pyridine rings is 1. The summed E-state index contributed by atoms with van der Waals surface area (Å²) in [5.41, 5.74) is 0.803. The zero-order chi connectivity index (χ0) is 14.8. The molecule has 2 aromatic heterocycles. The molecule has 2 heterocycles. The van der Waals surface area contributed by atoms with Crippen molar-refractivity contribution in [3.8, 4) is 0 Å². The molecule has 1 unspecified atom stereocenters. The minimum absolute atomic E-state index is 0.0513. The monoisotopic (exact) mass is 285 g/mol. The van der Waals surface area contributed by atoms with Crippen molar-refractivity contribution < 1.29 is 9.50 Å². The van der Waals surface area contributed by atoms with Crippen LogP contribution in [0.4, 0.5) is 4.39 Å². The van der Waals surface area contributed by atoms with Gasteiger partial charge < -0.3 is 5.11 Å². The smallest absolute Gasteiger partial charge is 0.261 e. The standard InChI is InChI=1S/C15H12FN3O2/c16-11-3-1-10(2-4-11)14(20)8-19-9-18-13-7-17-6-5-12(13)15(19)21/h1-7,9,14,20H,8H2. The lowest BCUT2D eigenvalue weighted by atomic mass is 10.1. The summed E-state index contributed by atoms with van der Waals surface area (Å²) < 4.78 is 14.2. The van der Waals surface area contributed by atoms with Gasteiger partial charge in [0.15, 0.2) is 0 Å². The van der Waals surface area contributed by atoms with Gasteiger partial charge in [0.2, 0.25) is 0 Å². The van der Waals surface area contributed by atoms with E-state index in [0.29, 0.717) is 16.5 Å².